The van der Waals surface area contributed by atoms with E-state index in [1.165, 1.54) is 12.1 Å². The average molecular weight is 486 g/mol. The molecule has 32 heavy (non-hydrogen) atoms. The van der Waals surface area contributed by atoms with E-state index in [2.05, 4.69) is 0 Å². The van der Waals surface area contributed by atoms with Crippen molar-refractivity contribution in [2.75, 3.05) is 6.61 Å². The van der Waals surface area contributed by atoms with Gasteiger partial charge in [-0.15, -0.1) is 0 Å². The van der Waals surface area contributed by atoms with Crippen molar-refractivity contribution >= 4 is 5.97 Å². The van der Waals surface area contributed by atoms with Crippen molar-refractivity contribution in [1.29, 1.82) is 0 Å². The fourth-order valence-corrected chi connectivity index (χ4v) is 3.25. The second-order valence-corrected chi connectivity index (χ2v) is 7.34. The molecule has 182 valence electrons. The number of hydrogen-bond acceptors (Lipinski definition) is 2. The van der Waals surface area contributed by atoms with Crippen LogP contribution in [-0.2, 0) is 4.74 Å². The molecule has 1 aromatic carbocycles. The molecule has 0 N–H and O–H groups in total. The second kappa shape index (κ2) is 8.36. The summed E-state index contributed by atoms with van der Waals surface area (Å²) in [6, 6.07) is 7.65. The van der Waals surface area contributed by atoms with E-state index in [0.717, 1.165) is 0 Å². The van der Waals surface area contributed by atoms with Gasteiger partial charge in [0.2, 0.25) is 5.67 Å². The van der Waals surface area contributed by atoms with Crippen LogP contribution in [0.5, 0.6) is 0 Å². The van der Waals surface area contributed by atoms with Gasteiger partial charge in [-0.05, 0) is 31.4 Å². The maximum atomic E-state index is 14.5. The van der Waals surface area contributed by atoms with Crippen molar-refractivity contribution in [1.82, 2.24) is 0 Å². The van der Waals surface area contributed by atoms with Crippen LogP contribution in [0, 0.1) is 0 Å². The minimum atomic E-state index is -7.19. The second-order valence-electron chi connectivity index (χ2n) is 7.34. The van der Waals surface area contributed by atoms with E-state index in [-0.39, 0.29) is 25.0 Å². The zero-order valence-electron chi connectivity index (χ0n) is 16.1. The van der Waals surface area contributed by atoms with Gasteiger partial charge in [0.15, 0.2) is 0 Å². The highest BCUT2D eigenvalue weighted by atomic mass is 19.4. The van der Waals surface area contributed by atoms with Crippen LogP contribution in [0.15, 0.2) is 30.3 Å². The third-order valence-electron chi connectivity index (χ3n) is 5.23. The van der Waals surface area contributed by atoms with E-state index in [0.29, 0.717) is 0 Å². The zero-order chi connectivity index (χ0) is 24.6. The highest BCUT2D eigenvalue weighted by Gasteiger charge is 3.00. The molecule has 1 aromatic rings. The van der Waals surface area contributed by atoms with Crippen molar-refractivity contribution in [2.24, 2.45) is 0 Å². The summed E-state index contributed by atoms with van der Waals surface area (Å²) in [7, 11) is 0. The van der Waals surface area contributed by atoms with E-state index in [4.69, 9.17) is 4.74 Å². The Labute approximate surface area is 174 Å². The Morgan fingerprint density at radius 2 is 1.06 bits per heavy atom. The number of unbranched alkanes of at least 4 members (excludes halogenated alkanes) is 3. The number of hydrogen-bond donors (Lipinski definition) is 0. The van der Waals surface area contributed by atoms with E-state index in [1.54, 1.807) is 18.2 Å². The molecule has 1 aliphatic carbocycles. The molecule has 0 spiro atoms. The molecule has 1 fully saturated rings. The van der Waals surface area contributed by atoms with E-state index < -0.39 is 60.5 Å². The van der Waals surface area contributed by atoms with Crippen LogP contribution in [0.2, 0.25) is 0 Å². The molecule has 2 nitrogen and oxygen atoms in total. The number of carbonyl (C=O) groups excluding carboxylic acids is 1. The first kappa shape index (κ1) is 26.2. The molecule has 0 radical (unpaired) electrons. The van der Waals surface area contributed by atoms with Gasteiger partial charge in [-0.3, -0.25) is 0 Å². The number of esters is 1. The van der Waals surface area contributed by atoms with Crippen LogP contribution in [0.3, 0.4) is 0 Å². The fourth-order valence-electron chi connectivity index (χ4n) is 3.25. The lowest BCUT2D eigenvalue weighted by atomic mass is 9.70. The quantitative estimate of drug-likeness (QED) is 0.233. The Balaban J connectivity index is 1.97. The molecule has 0 heterocycles. The number of benzene rings is 1. The standard InChI is InChI=1S/C19H17F11O2/c20-14(10-6-1-2-7-11-32-13(31)12-8-4-3-5-9-12)15(21,22)17(25,26)19(29,30)18(27,28)16(14,23)24/h3-5,8-9H,1-2,6-7,10-11H2. The fraction of sp³-hybridized carbons (Fsp3) is 0.632. The number of rotatable bonds is 8. The molecule has 0 unspecified atom stereocenters. The van der Waals surface area contributed by atoms with Gasteiger partial charge in [0.25, 0.3) is 0 Å². The molecule has 0 bridgehead atoms. The summed E-state index contributed by atoms with van der Waals surface area (Å²) in [4.78, 5) is 11.7. The molecule has 0 aromatic heterocycles. The molecular weight excluding hydrogens is 469 g/mol. The van der Waals surface area contributed by atoms with Gasteiger partial charge in [0, 0.05) is 0 Å². The van der Waals surface area contributed by atoms with Gasteiger partial charge in [0.05, 0.1) is 12.2 Å². The highest BCUT2D eigenvalue weighted by Crippen LogP contribution is 2.70. The molecule has 2 rings (SSSR count). The highest BCUT2D eigenvalue weighted by molar-refractivity contribution is 5.89. The zero-order valence-corrected chi connectivity index (χ0v) is 16.1. The summed E-state index contributed by atoms with van der Waals surface area (Å²) in [5, 5.41) is 0. The van der Waals surface area contributed by atoms with Gasteiger partial charge >= 0.3 is 35.6 Å². The molecule has 1 saturated carbocycles. The van der Waals surface area contributed by atoms with Crippen LogP contribution in [0.4, 0.5) is 48.3 Å². The lowest BCUT2D eigenvalue weighted by molar-refractivity contribution is -0.485. The predicted molar refractivity (Wildman–Crippen MR) is 88.4 cm³/mol. The molecule has 0 saturated heterocycles. The topological polar surface area (TPSA) is 26.3 Å². The molecule has 13 heteroatoms. The van der Waals surface area contributed by atoms with Crippen LogP contribution in [0.1, 0.15) is 42.5 Å². The maximum absolute atomic E-state index is 14.5. The Morgan fingerprint density at radius 1 is 0.625 bits per heavy atom. The van der Waals surface area contributed by atoms with E-state index >= 15 is 0 Å². The Morgan fingerprint density at radius 3 is 1.56 bits per heavy atom. The van der Waals surface area contributed by atoms with Crippen LogP contribution >= 0.6 is 0 Å². The van der Waals surface area contributed by atoms with Gasteiger partial charge in [0.1, 0.15) is 0 Å². The lowest BCUT2D eigenvalue weighted by Crippen LogP contribution is -2.83. The number of carbonyl (C=O) groups is 1. The van der Waals surface area contributed by atoms with Crippen LogP contribution < -0.4 is 0 Å². The summed E-state index contributed by atoms with van der Waals surface area (Å²) in [5.74, 6) is -35.6. The largest absolute Gasteiger partial charge is 0.462 e. The summed E-state index contributed by atoms with van der Waals surface area (Å²) in [6.45, 7) is -0.219. The van der Waals surface area contributed by atoms with Gasteiger partial charge in [-0.25, -0.2) is 9.18 Å². The van der Waals surface area contributed by atoms with Crippen molar-refractivity contribution < 1.29 is 57.8 Å². The molecule has 0 amide bonds. The predicted octanol–water partition coefficient (Wildman–Crippen LogP) is 6.69. The molecule has 0 atom stereocenters. The normalized spacial score (nSPS) is 24.0. The molecular formula is C19H17F11O2. The van der Waals surface area contributed by atoms with E-state index in [9.17, 15) is 53.1 Å². The number of halogens is 11. The summed E-state index contributed by atoms with van der Waals surface area (Å²) in [6.07, 6.45) is -3.69. The minimum Gasteiger partial charge on any atom is -0.462 e. The number of ether oxygens (including phenoxy) is 1. The average Bonchev–Trinajstić information content (AvgIpc) is 2.71. The van der Waals surface area contributed by atoms with Crippen LogP contribution in [-0.4, -0.2) is 47.9 Å². The first-order chi connectivity index (χ1) is 14.5. The first-order valence-corrected chi connectivity index (χ1v) is 9.29. The van der Waals surface area contributed by atoms with Crippen molar-refractivity contribution in [3.8, 4) is 0 Å². The number of alkyl halides is 11. The Bertz CT molecular complexity index is 779. The summed E-state index contributed by atoms with van der Waals surface area (Å²) >= 11 is 0. The SMILES string of the molecule is O=C(OCCCCCCC1(F)C(F)(F)C(F)(F)C(F)(F)C(F)(F)C1(F)F)c1ccccc1. The van der Waals surface area contributed by atoms with Crippen molar-refractivity contribution in [3.63, 3.8) is 0 Å². The van der Waals surface area contributed by atoms with Gasteiger partial charge < -0.3 is 4.74 Å². The summed E-state index contributed by atoms with van der Waals surface area (Å²) in [5.41, 5.74) is -5.71. The van der Waals surface area contributed by atoms with Crippen molar-refractivity contribution in [2.45, 2.75) is 67.4 Å². The first-order valence-electron chi connectivity index (χ1n) is 9.29. The monoisotopic (exact) mass is 486 g/mol. The summed E-state index contributed by atoms with van der Waals surface area (Å²) < 4.78 is 154. The lowest BCUT2D eigenvalue weighted by Gasteiger charge is -2.52. The Kier molecular flexibility index (Phi) is 6.84. The van der Waals surface area contributed by atoms with Crippen LogP contribution in [0.25, 0.3) is 0 Å². The van der Waals surface area contributed by atoms with Crippen molar-refractivity contribution in [3.05, 3.63) is 35.9 Å². The molecule has 0 aliphatic heterocycles. The maximum Gasteiger partial charge on any atom is 0.384 e. The molecule has 1 aliphatic rings. The van der Waals surface area contributed by atoms with E-state index in [1.807, 2.05) is 0 Å². The third-order valence-corrected chi connectivity index (χ3v) is 5.23. The minimum absolute atomic E-state index is 0.0229. The van der Waals surface area contributed by atoms with Gasteiger partial charge in [-0.1, -0.05) is 31.0 Å². The van der Waals surface area contributed by atoms with Gasteiger partial charge in [-0.2, -0.15) is 43.9 Å². The Hall–Kier alpha value is -2.08. The third kappa shape index (κ3) is 3.60. The smallest absolute Gasteiger partial charge is 0.384 e.